The Morgan fingerprint density at radius 3 is 3.16 bits per heavy atom. The average molecular weight is 261 g/mol. The molecule has 1 N–H and O–H groups in total. The molecule has 3 heterocycles. The fraction of sp³-hybridized carbons (Fsp3) is 0.538. The van der Waals surface area contributed by atoms with Gasteiger partial charge in [-0.2, -0.15) is 0 Å². The first-order valence-corrected chi connectivity index (χ1v) is 6.61. The molecular formula is C13H19N5O. The van der Waals surface area contributed by atoms with Gasteiger partial charge >= 0.3 is 0 Å². The van der Waals surface area contributed by atoms with Crippen LogP contribution in [0, 0.1) is 0 Å². The van der Waals surface area contributed by atoms with Crippen LogP contribution in [-0.2, 0) is 4.74 Å². The first-order chi connectivity index (χ1) is 9.31. The maximum atomic E-state index is 5.48. The van der Waals surface area contributed by atoms with Crippen LogP contribution in [-0.4, -0.2) is 47.7 Å². The topological polar surface area (TPSA) is 54.7 Å². The van der Waals surface area contributed by atoms with Crippen molar-refractivity contribution in [2.24, 2.45) is 0 Å². The van der Waals surface area contributed by atoms with E-state index in [0.717, 1.165) is 43.2 Å². The molecule has 1 aliphatic heterocycles. The summed E-state index contributed by atoms with van der Waals surface area (Å²) >= 11 is 0. The molecule has 6 heteroatoms. The lowest BCUT2D eigenvalue weighted by Crippen LogP contribution is -2.40. The molecular weight excluding hydrogens is 242 g/mol. The van der Waals surface area contributed by atoms with E-state index in [1.54, 1.807) is 13.3 Å². The Morgan fingerprint density at radius 2 is 2.37 bits per heavy atom. The Kier molecular flexibility index (Phi) is 3.25. The Morgan fingerprint density at radius 1 is 1.47 bits per heavy atom. The van der Waals surface area contributed by atoms with Gasteiger partial charge in [0.25, 0.3) is 0 Å². The minimum absolute atomic E-state index is 0.281. The highest BCUT2D eigenvalue weighted by Crippen LogP contribution is 2.24. The zero-order chi connectivity index (χ0) is 13.2. The summed E-state index contributed by atoms with van der Waals surface area (Å²) in [6.45, 7) is 1.88. The first kappa shape index (κ1) is 12.2. The van der Waals surface area contributed by atoms with Crippen molar-refractivity contribution in [3.63, 3.8) is 0 Å². The Balaban J connectivity index is 2.00. The molecule has 0 bridgehead atoms. The molecule has 1 aliphatic rings. The van der Waals surface area contributed by atoms with Gasteiger partial charge in [-0.15, -0.1) is 0 Å². The summed E-state index contributed by atoms with van der Waals surface area (Å²) in [5.74, 6) is 1.78. The molecule has 0 aromatic carbocycles. The number of hydrogen-bond acceptors (Lipinski definition) is 5. The second-order valence-corrected chi connectivity index (χ2v) is 4.80. The van der Waals surface area contributed by atoms with Gasteiger partial charge in [0.15, 0.2) is 11.5 Å². The van der Waals surface area contributed by atoms with Crippen LogP contribution < -0.4 is 10.2 Å². The molecule has 0 spiro atoms. The largest absolute Gasteiger partial charge is 0.380 e. The molecule has 0 saturated carbocycles. The summed E-state index contributed by atoms with van der Waals surface area (Å²) < 4.78 is 7.49. The number of piperidine rings is 1. The molecule has 0 radical (unpaired) electrons. The lowest BCUT2D eigenvalue weighted by molar-refractivity contribution is 0.0892. The van der Waals surface area contributed by atoms with E-state index in [4.69, 9.17) is 4.74 Å². The second-order valence-electron chi connectivity index (χ2n) is 4.80. The quantitative estimate of drug-likeness (QED) is 0.904. The molecule has 1 saturated heterocycles. The monoisotopic (exact) mass is 261 g/mol. The van der Waals surface area contributed by atoms with Crippen LogP contribution in [0.1, 0.15) is 12.8 Å². The third-order valence-electron chi connectivity index (χ3n) is 3.62. The minimum Gasteiger partial charge on any atom is -0.380 e. The summed E-state index contributed by atoms with van der Waals surface area (Å²) in [5.41, 5.74) is 0.899. The molecule has 102 valence electrons. The van der Waals surface area contributed by atoms with E-state index in [1.807, 2.05) is 23.8 Å². The van der Waals surface area contributed by atoms with Crippen LogP contribution in [0.3, 0.4) is 0 Å². The molecule has 3 rings (SSSR count). The van der Waals surface area contributed by atoms with Crippen LogP contribution >= 0.6 is 0 Å². The van der Waals surface area contributed by atoms with Crippen molar-refractivity contribution in [1.29, 1.82) is 0 Å². The van der Waals surface area contributed by atoms with Crippen molar-refractivity contribution in [3.8, 4) is 0 Å². The molecule has 2 aromatic heterocycles. The highest BCUT2D eigenvalue weighted by atomic mass is 16.5. The third kappa shape index (κ3) is 2.23. The fourth-order valence-corrected chi connectivity index (χ4v) is 2.57. The summed E-state index contributed by atoms with van der Waals surface area (Å²) in [6, 6.07) is 0. The third-order valence-corrected chi connectivity index (χ3v) is 3.62. The van der Waals surface area contributed by atoms with Gasteiger partial charge in [0, 0.05) is 39.6 Å². The van der Waals surface area contributed by atoms with Crippen LogP contribution in [0.5, 0.6) is 0 Å². The van der Waals surface area contributed by atoms with Crippen molar-refractivity contribution in [2.75, 3.05) is 37.5 Å². The minimum atomic E-state index is 0.281. The number of imidazole rings is 1. The van der Waals surface area contributed by atoms with Gasteiger partial charge in [-0.3, -0.25) is 0 Å². The van der Waals surface area contributed by atoms with E-state index in [9.17, 15) is 0 Å². The standard InChI is InChI=1S/C13H19N5O/c1-14-11-9-18-7-5-15-12(18)13(16-11)17-6-3-4-10(8-17)19-2/h5,7,9-10,14H,3-4,6,8H2,1-2H3. The maximum absolute atomic E-state index is 5.48. The molecule has 1 unspecified atom stereocenters. The van der Waals surface area contributed by atoms with Crippen molar-refractivity contribution in [3.05, 3.63) is 18.6 Å². The van der Waals surface area contributed by atoms with Crippen LogP contribution in [0.25, 0.3) is 5.65 Å². The van der Waals surface area contributed by atoms with Crippen LogP contribution in [0.15, 0.2) is 18.6 Å². The number of rotatable bonds is 3. The molecule has 19 heavy (non-hydrogen) atoms. The number of fused-ring (bicyclic) bond motifs is 1. The number of hydrogen-bond donors (Lipinski definition) is 1. The summed E-state index contributed by atoms with van der Waals surface area (Å²) in [6.07, 6.45) is 8.21. The summed E-state index contributed by atoms with van der Waals surface area (Å²) in [5, 5.41) is 3.10. The molecule has 0 aliphatic carbocycles. The Labute approximate surface area is 112 Å². The molecule has 1 fully saturated rings. The van der Waals surface area contributed by atoms with Crippen molar-refractivity contribution in [2.45, 2.75) is 18.9 Å². The van der Waals surface area contributed by atoms with E-state index < -0.39 is 0 Å². The first-order valence-electron chi connectivity index (χ1n) is 6.61. The van der Waals surface area contributed by atoms with E-state index in [0.29, 0.717) is 0 Å². The van der Waals surface area contributed by atoms with Gasteiger partial charge in [0.05, 0.1) is 12.3 Å². The van der Waals surface area contributed by atoms with Gasteiger partial charge < -0.3 is 19.4 Å². The van der Waals surface area contributed by atoms with Gasteiger partial charge in [-0.1, -0.05) is 0 Å². The van der Waals surface area contributed by atoms with Gasteiger partial charge in [-0.05, 0) is 12.8 Å². The van der Waals surface area contributed by atoms with Gasteiger partial charge in [-0.25, -0.2) is 9.97 Å². The van der Waals surface area contributed by atoms with E-state index >= 15 is 0 Å². The van der Waals surface area contributed by atoms with E-state index in [2.05, 4.69) is 20.2 Å². The highest BCUT2D eigenvalue weighted by Gasteiger charge is 2.23. The SMILES string of the molecule is CNc1cn2ccnc2c(N2CCCC(OC)C2)n1. The van der Waals surface area contributed by atoms with Gasteiger partial charge in [0.1, 0.15) is 5.82 Å². The molecule has 1 atom stereocenters. The van der Waals surface area contributed by atoms with Crippen molar-refractivity contribution in [1.82, 2.24) is 14.4 Å². The molecule has 2 aromatic rings. The average Bonchev–Trinajstić information content (AvgIpc) is 2.94. The van der Waals surface area contributed by atoms with Crippen molar-refractivity contribution < 1.29 is 4.74 Å². The summed E-state index contributed by atoms with van der Waals surface area (Å²) in [7, 11) is 3.65. The lowest BCUT2D eigenvalue weighted by atomic mass is 10.1. The zero-order valence-electron chi connectivity index (χ0n) is 11.3. The van der Waals surface area contributed by atoms with E-state index in [1.165, 1.54) is 0 Å². The highest BCUT2D eigenvalue weighted by molar-refractivity contribution is 5.67. The second kappa shape index (κ2) is 5.05. The number of aromatic nitrogens is 3. The number of ether oxygens (including phenoxy) is 1. The predicted octanol–water partition coefficient (Wildman–Crippen LogP) is 1.39. The molecule has 6 nitrogen and oxygen atoms in total. The van der Waals surface area contributed by atoms with E-state index in [-0.39, 0.29) is 6.10 Å². The van der Waals surface area contributed by atoms with Crippen LogP contribution in [0.4, 0.5) is 11.6 Å². The normalized spacial score (nSPS) is 19.9. The predicted molar refractivity (Wildman–Crippen MR) is 74.8 cm³/mol. The number of nitrogens with one attached hydrogen (secondary N) is 1. The fourth-order valence-electron chi connectivity index (χ4n) is 2.57. The maximum Gasteiger partial charge on any atom is 0.180 e. The number of nitrogens with zero attached hydrogens (tertiary/aromatic N) is 4. The van der Waals surface area contributed by atoms with Crippen molar-refractivity contribution >= 4 is 17.3 Å². The number of anilines is 2. The molecule has 0 amide bonds. The Bertz CT molecular complexity index is 567. The summed E-state index contributed by atoms with van der Waals surface area (Å²) in [4.78, 5) is 11.3. The number of methoxy groups -OCH3 is 1. The van der Waals surface area contributed by atoms with Crippen LogP contribution in [0.2, 0.25) is 0 Å². The zero-order valence-corrected chi connectivity index (χ0v) is 11.3. The van der Waals surface area contributed by atoms with Gasteiger partial charge in [0.2, 0.25) is 0 Å². The lowest BCUT2D eigenvalue weighted by Gasteiger charge is -2.32. The Hall–Kier alpha value is -1.82. The smallest absolute Gasteiger partial charge is 0.180 e.